The van der Waals surface area contributed by atoms with E-state index in [4.69, 9.17) is 0 Å². The molecule has 0 fully saturated rings. The van der Waals surface area contributed by atoms with Gasteiger partial charge in [0.2, 0.25) is 5.91 Å². The highest BCUT2D eigenvalue weighted by Gasteiger charge is 2.07. The van der Waals surface area contributed by atoms with Gasteiger partial charge in [-0.25, -0.2) is 0 Å². The molecule has 2 aromatic carbocycles. The van der Waals surface area contributed by atoms with Gasteiger partial charge in [-0.2, -0.15) is 11.3 Å². The fourth-order valence-electron chi connectivity index (χ4n) is 2.28. The summed E-state index contributed by atoms with van der Waals surface area (Å²) in [5.74, 6) is 0.0264. The van der Waals surface area contributed by atoms with Crippen LogP contribution >= 0.6 is 11.3 Å². The lowest BCUT2D eigenvalue weighted by molar-refractivity contribution is -0.116. The number of thiophene rings is 1. The molecular formula is C19H18N2OS. The summed E-state index contributed by atoms with van der Waals surface area (Å²) in [7, 11) is 0. The molecule has 0 aliphatic rings. The molecule has 0 saturated heterocycles. The molecule has 23 heavy (non-hydrogen) atoms. The third-order valence-electron chi connectivity index (χ3n) is 3.47. The molecule has 116 valence electrons. The maximum atomic E-state index is 12.2. The highest BCUT2D eigenvalue weighted by molar-refractivity contribution is 7.07. The Morgan fingerprint density at radius 2 is 1.65 bits per heavy atom. The summed E-state index contributed by atoms with van der Waals surface area (Å²) >= 11 is 1.66. The Kier molecular flexibility index (Phi) is 5.06. The average Bonchev–Trinajstić information content (AvgIpc) is 3.09. The van der Waals surface area contributed by atoms with Crippen LogP contribution in [0.15, 0.2) is 71.4 Å². The predicted molar refractivity (Wildman–Crippen MR) is 97.4 cm³/mol. The number of carbonyl (C=O) groups is 1. The number of anilines is 3. The molecule has 0 aliphatic carbocycles. The van der Waals surface area contributed by atoms with Crippen molar-refractivity contribution in [1.82, 2.24) is 0 Å². The van der Waals surface area contributed by atoms with Crippen LogP contribution in [0.3, 0.4) is 0 Å². The first-order valence-corrected chi connectivity index (χ1v) is 8.47. The van der Waals surface area contributed by atoms with Gasteiger partial charge >= 0.3 is 0 Å². The van der Waals surface area contributed by atoms with E-state index in [9.17, 15) is 4.79 Å². The molecule has 3 rings (SSSR count). The molecule has 3 aromatic rings. The van der Waals surface area contributed by atoms with Crippen LogP contribution in [-0.4, -0.2) is 5.91 Å². The van der Waals surface area contributed by atoms with E-state index in [-0.39, 0.29) is 5.91 Å². The van der Waals surface area contributed by atoms with Gasteiger partial charge in [-0.05, 0) is 53.1 Å². The Hall–Kier alpha value is -2.59. The summed E-state index contributed by atoms with van der Waals surface area (Å²) in [6, 6.07) is 19.7. The van der Waals surface area contributed by atoms with Crippen molar-refractivity contribution in [3.05, 3.63) is 77.0 Å². The zero-order valence-electron chi connectivity index (χ0n) is 12.7. The van der Waals surface area contributed by atoms with E-state index in [0.717, 1.165) is 23.5 Å². The van der Waals surface area contributed by atoms with Crippen LogP contribution in [0.25, 0.3) is 0 Å². The van der Waals surface area contributed by atoms with E-state index >= 15 is 0 Å². The standard InChI is InChI=1S/C19H18N2OS/c22-19(11-10-15-12-13-23-14-15)21-18-9-5-4-8-17(18)20-16-6-2-1-3-7-16/h1-9,12-14,20H,10-11H2,(H,21,22). The number of hydrogen-bond acceptors (Lipinski definition) is 3. The molecule has 1 amide bonds. The molecule has 2 N–H and O–H groups in total. The van der Waals surface area contributed by atoms with Crippen LogP contribution in [-0.2, 0) is 11.2 Å². The van der Waals surface area contributed by atoms with Crippen LogP contribution in [0, 0.1) is 0 Å². The number of rotatable bonds is 6. The average molecular weight is 322 g/mol. The van der Waals surface area contributed by atoms with E-state index < -0.39 is 0 Å². The Balaban J connectivity index is 1.64. The molecule has 0 saturated carbocycles. The van der Waals surface area contributed by atoms with Crippen molar-refractivity contribution in [2.45, 2.75) is 12.8 Å². The number of para-hydroxylation sites is 3. The van der Waals surface area contributed by atoms with E-state index in [1.54, 1.807) is 11.3 Å². The second-order valence-corrected chi connectivity index (χ2v) is 6.00. The van der Waals surface area contributed by atoms with Gasteiger partial charge in [0.1, 0.15) is 0 Å². The van der Waals surface area contributed by atoms with Crippen LogP contribution in [0.2, 0.25) is 0 Å². The molecule has 3 nitrogen and oxygen atoms in total. The van der Waals surface area contributed by atoms with Crippen molar-refractivity contribution >= 4 is 34.3 Å². The quantitative estimate of drug-likeness (QED) is 0.666. The number of aryl methyl sites for hydroxylation is 1. The Morgan fingerprint density at radius 3 is 2.39 bits per heavy atom. The largest absolute Gasteiger partial charge is 0.354 e. The monoisotopic (exact) mass is 322 g/mol. The zero-order chi connectivity index (χ0) is 15.9. The van der Waals surface area contributed by atoms with Crippen molar-refractivity contribution < 1.29 is 4.79 Å². The highest BCUT2D eigenvalue weighted by atomic mass is 32.1. The van der Waals surface area contributed by atoms with Crippen LogP contribution in [0.1, 0.15) is 12.0 Å². The first-order valence-electron chi connectivity index (χ1n) is 7.53. The minimum atomic E-state index is 0.0264. The zero-order valence-corrected chi connectivity index (χ0v) is 13.5. The molecule has 0 atom stereocenters. The van der Waals surface area contributed by atoms with Crippen LogP contribution in [0.5, 0.6) is 0 Å². The summed E-state index contributed by atoms with van der Waals surface area (Å²) in [5.41, 5.74) is 3.89. The van der Waals surface area contributed by atoms with Crippen molar-refractivity contribution in [3.8, 4) is 0 Å². The topological polar surface area (TPSA) is 41.1 Å². The first-order chi connectivity index (χ1) is 11.3. The molecule has 0 unspecified atom stereocenters. The third kappa shape index (κ3) is 4.44. The second-order valence-electron chi connectivity index (χ2n) is 5.22. The smallest absolute Gasteiger partial charge is 0.224 e. The van der Waals surface area contributed by atoms with Gasteiger partial charge in [-0.1, -0.05) is 30.3 Å². The summed E-state index contributed by atoms with van der Waals surface area (Å²) in [6.45, 7) is 0. The summed E-state index contributed by atoms with van der Waals surface area (Å²) in [6.07, 6.45) is 1.25. The van der Waals surface area contributed by atoms with Gasteiger partial charge in [-0.3, -0.25) is 4.79 Å². The number of nitrogens with one attached hydrogen (secondary N) is 2. The SMILES string of the molecule is O=C(CCc1ccsc1)Nc1ccccc1Nc1ccccc1. The first kappa shape index (κ1) is 15.3. The van der Waals surface area contributed by atoms with Crippen molar-refractivity contribution in [3.63, 3.8) is 0 Å². The lowest BCUT2D eigenvalue weighted by Crippen LogP contribution is -2.13. The molecule has 0 aliphatic heterocycles. The van der Waals surface area contributed by atoms with E-state index in [2.05, 4.69) is 22.1 Å². The second kappa shape index (κ2) is 7.61. The summed E-state index contributed by atoms with van der Waals surface area (Å²) < 4.78 is 0. The Labute approximate surface area is 140 Å². The summed E-state index contributed by atoms with van der Waals surface area (Å²) in [5, 5.41) is 10.4. The number of benzene rings is 2. The van der Waals surface area contributed by atoms with E-state index in [1.807, 2.05) is 60.0 Å². The van der Waals surface area contributed by atoms with Gasteiger partial charge in [0.25, 0.3) is 0 Å². The van der Waals surface area contributed by atoms with Gasteiger partial charge in [0.05, 0.1) is 11.4 Å². The lowest BCUT2D eigenvalue weighted by atomic mass is 10.2. The molecule has 1 aromatic heterocycles. The van der Waals surface area contributed by atoms with Crippen molar-refractivity contribution in [2.75, 3.05) is 10.6 Å². The fraction of sp³-hybridized carbons (Fsp3) is 0.105. The molecular weight excluding hydrogens is 304 g/mol. The minimum Gasteiger partial charge on any atom is -0.354 e. The van der Waals surface area contributed by atoms with Crippen LogP contribution in [0.4, 0.5) is 17.1 Å². The normalized spacial score (nSPS) is 10.3. The Bertz CT molecular complexity index is 754. The van der Waals surface area contributed by atoms with E-state index in [0.29, 0.717) is 6.42 Å². The molecule has 0 bridgehead atoms. The third-order valence-corrected chi connectivity index (χ3v) is 4.21. The minimum absolute atomic E-state index is 0.0264. The maximum Gasteiger partial charge on any atom is 0.224 e. The highest BCUT2D eigenvalue weighted by Crippen LogP contribution is 2.25. The van der Waals surface area contributed by atoms with Gasteiger partial charge in [0.15, 0.2) is 0 Å². The number of hydrogen-bond donors (Lipinski definition) is 2. The van der Waals surface area contributed by atoms with E-state index in [1.165, 1.54) is 5.56 Å². The van der Waals surface area contributed by atoms with Gasteiger partial charge in [0, 0.05) is 12.1 Å². The fourth-order valence-corrected chi connectivity index (χ4v) is 2.99. The Morgan fingerprint density at radius 1 is 0.913 bits per heavy atom. The molecule has 1 heterocycles. The van der Waals surface area contributed by atoms with Gasteiger partial charge < -0.3 is 10.6 Å². The van der Waals surface area contributed by atoms with Crippen molar-refractivity contribution in [2.24, 2.45) is 0 Å². The maximum absolute atomic E-state index is 12.2. The van der Waals surface area contributed by atoms with Crippen LogP contribution < -0.4 is 10.6 Å². The molecule has 0 spiro atoms. The van der Waals surface area contributed by atoms with Gasteiger partial charge in [-0.15, -0.1) is 0 Å². The molecule has 4 heteroatoms. The number of amides is 1. The molecule has 0 radical (unpaired) electrons. The van der Waals surface area contributed by atoms with Crippen molar-refractivity contribution in [1.29, 1.82) is 0 Å². The predicted octanol–water partition coefficient (Wildman–Crippen LogP) is 5.06. The summed E-state index contributed by atoms with van der Waals surface area (Å²) in [4.78, 5) is 12.2. The lowest BCUT2D eigenvalue weighted by Gasteiger charge is -2.13. The number of carbonyl (C=O) groups excluding carboxylic acids is 1.